The average molecular weight is 485 g/mol. The third-order valence-electron chi connectivity index (χ3n) is 4.85. The van der Waals surface area contributed by atoms with Gasteiger partial charge >= 0.3 is 5.97 Å². The molecule has 0 fully saturated rings. The summed E-state index contributed by atoms with van der Waals surface area (Å²) in [5.74, 6) is 0.807. The van der Waals surface area contributed by atoms with Gasteiger partial charge in [0, 0.05) is 11.9 Å². The SMILES string of the molecule is COc1ccc(S(=O)(=O)N(C)c2ccc(OC(=O)c3nc(-c4ccco4)sc3C)cc2)cc1. The van der Waals surface area contributed by atoms with E-state index in [1.807, 2.05) is 0 Å². The lowest BCUT2D eigenvalue weighted by molar-refractivity contribution is 0.0729. The molecule has 0 aliphatic rings. The molecule has 10 heteroatoms. The van der Waals surface area contributed by atoms with Crippen LogP contribution in [0.2, 0.25) is 0 Å². The predicted octanol–water partition coefficient (Wildman–Crippen LogP) is 4.76. The Balaban J connectivity index is 1.48. The standard InChI is InChI=1S/C23H20N2O6S2/c1-15-21(24-22(32-15)20-5-4-14-30-20)23(26)31-18-8-6-16(7-9-18)25(2)33(27,28)19-12-10-17(29-3)11-13-19/h4-14H,1-3H3. The van der Waals surface area contributed by atoms with Crippen molar-refractivity contribution >= 4 is 33.0 Å². The number of nitrogens with zero attached hydrogens (tertiary/aromatic N) is 2. The van der Waals surface area contributed by atoms with Gasteiger partial charge in [0.15, 0.2) is 16.5 Å². The number of ether oxygens (including phenoxy) is 2. The highest BCUT2D eigenvalue weighted by molar-refractivity contribution is 7.92. The van der Waals surface area contributed by atoms with Crippen LogP contribution in [-0.2, 0) is 10.0 Å². The fourth-order valence-electron chi connectivity index (χ4n) is 3.02. The zero-order chi connectivity index (χ0) is 23.6. The van der Waals surface area contributed by atoms with Crippen molar-refractivity contribution in [3.05, 3.63) is 77.5 Å². The quantitative estimate of drug-likeness (QED) is 0.275. The molecule has 0 saturated heterocycles. The van der Waals surface area contributed by atoms with E-state index in [4.69, 9.17) is 13.9 Å². The number of rotatable bonds is 7. The second-order valence-electron chi connectivity index (χ2n) is 6.93. The minimum absolute atomic E-state index is 0.132. The Bertz CT molecular complexity index is 1360. The second kappa shape index (κ2) is 9.08. The summed E-state index contributed by atoms with van der Waals surface area (Å²) < 4.78 is 42.8. The Kier molecular flexibility index (Phi) is 6.21. The number of aromatic nitrogens is 1. The summed E-state index contributed by atoms with van der Waals surface area (Å²) in [6.45, 7) is 1.78. The maximum Gasteiger partial charge on any atom is 0.363 e. The monoisotopic (exact) mass is 484 g/mol. The van der Waals surface area contributed by atoms with E-state index in [0.717, 1.165) is 4.31 Å². The van der Waals surface area contributed by atoms with Gasteiger partial charge in [-0.15, -0.1) is 11.3 Å². The number of benzene rings is 2. The van der Waals surface area contributed by atoms with Crippen LogP contribution in [0.4, 0.5) is 5.69 Å². The molecule has 4 rings (SSSR count). The number of sulfonamides is 1. The van der Waals surface area contributed by atoms with Crippen molar-refractivity contribution in [2.24, 2.45) is 0 Å². The van der Waals surface area contributed by atoms with Gasteiger partial charge in [0.05, 0.1) is 24.0 Å². The molecule has 0 spiro atoms. The Morgan fingerprint density at radius 2 is 1.70 bits per heavy atom. The number of carbonyl (C=O) groups is 1. The molecule has 0 saturated carbocycles. The molecular weight excluding hydrogens is 464 g/mol. The van der Waals surface area contributed by atoms with Gasteiger partial charge in [-0.2, -0.15) is 0 Å². The number of anilines is 1. The first kappa shape index (κ1) is 22.6. The summed E-state index contributed by atoms with van der Waals surface area (Å²) in [7, 11) is -0.802. The first-order valence-electron chi connectivity index (χ1n) is 9.76. The number of furan rings is 1. The molecular formula is C23H20N2O6S2. The van der Waals surface area contributed by atoms with Gasteiger partial charge < -0.3 is 13.9 Å². The zero-order valence-corrected chi connectivity index (χ0v) is 19.6. The molecule has 0 aliphatic heterocycles. The van der Waals surface area contributed by atoms with E-state index < -0.39 is 16.0 Å². The van der Waals surface area contributed by atoms with E-state index in [9.17, 15) is 13.2 Å². The highest BCUT2D eigenvalue weighted by atomic mass is 32.2. The Hall–Kier alpha value is -3.63. The van der Waals surface area contributed by atoms with E-state index in [-0.39, 0.29) is 16.3 Å². The van der Waals surface area contributed by atoms with Crippen molar-refractivity contribution in [2.45, 2.75) is 11.8 Å². The largest absolute Gasteiger partial charge is 0.497 e. The first-order valence-corrected chi connectivity index (χ1v) is 12.0. The summed E-state index contributed by atoms with van der Waals surface area (Å²) in [4.78, 5) is 17.8. The molecule has 4 aromatic rings. The van der Waals surface area contributed by atoms with Gasteiger partial charge in [-0.25, -0.2) is 18.2 Å². The number of thiazole rings is 1. The van der Waals surface area contributed by atoms with Gasteiger partial charge in [-0.05, 0) is 67.6 Å². The van der Waals surface area contributed by atoms with E-state index in [2.05, 4.69) is 4.98 Å². The summed E-state index contributed by atoms with van der Waals surface area (Å²) in [5.41, 5.74) is 0.616. The first-order chi connectivity index (χ1) is 15.8. The van der Waals surface area contributed by atoms with Gasteiger partial charge in [-0.1, -0.05) is 0 Å². The number of esters is 1. The third kappa shape index (κ3) is 4.62. The van der Waals surface area contributed by atoms with Crippen LogP contribution in [0.1, 0.15) is 15.4 Å². The molecule has 0 atom stereocenters. The van der Waals surface area contributed by atoms with Crippen LogP contribution in [-0.4, -0.2) is 33.5 Å². The van der Waals surface area contributed by atoms with Crippen molar-refractivity contribution in [2.75, 3.05) is 18.5 Å². The normalized spacial score (nSPS) is 11.2. The van der Waals surface area contributed by atoms with Crippen molar-refractivity contribution < 1.29 is 27.1 Å². The van der Waals surface area contributed by atoms with Crippen LogP contribution in [0, 0.1) is 6.92 Å². The van der Waals surface area contributed by atoms with Crippen LogP contribution in [0.15, 0.2) is 76.2 Å². The zero-order valence-electron chi connectivity index (χ0n) is 18.0. The summed E-state index contributed by atoms with van der Waals surface area (Å²) in [6, 6.07) is 15.8. The van der Waals surface area contributed by atoms with Crippen LogP contribution < -0.4 is 13.8 Å². The minimum atomic E-state index is -3.77. The molecule has 2 aromatic carbocycles. The minimum Gasteiger partial charge on any atom is -0.497 e. The number of hydrogen-bond donors (Lipinski definition) is 0. The molecule has 0 N–H and O–H groups in total. The average Bonchev–Trinajstić information content (AvgIpc) is 3.49. The maximum atomic E-state index is 12.9. The van der Waals surface area contributed by atoms with E-state index >= 15 is 0 Å². The lowest BCUT2D eigenvalue weighted by Gasteiger charge is -2.20. The molecule has 33 heavy (non-hydrogen) atoms. The van der Waals surface area contributed by atoms with Crippen LogP contribution in [0.3, 0.4) is 0 Å². The fourth-order valence-corrected chi connectivity index (χ4v) is 5.08. The topological polar surface area (TPSA) is 98.9 Å². The predicted molar refractivity (Wildman–Crippen MR) is 125 cm³/mol. The summed E-state index contributed by atoms with van der Waals surface area (Å²) in [6.07, 6.45) is 1.54. The van der Waals surface area contributed by atoms with Crippen LogP contribution in [0.25, 0.3) is 10.8 Å². The van der Waals surface area contributed by atoms with Gasteiger partial charge in [0.1, 0.15) is 11.5 Å². The summed E-state index contributed by atoms with van der Waals surface area (Å²) in [5, 5.41) is 0.588. The Morgan fingerprint density at radius 3 is 2.30 bits per heavy atom. The summed E-state index contributed by atoms with van der Waals surface area (Å²) >= 11 is 1.33. The van der Waals surface area contributed by atoms with Crippen molar-refractivity contribution in [1.29, 1.82) is 0 Å². The highest BCUT2D eigenvalue weighted by Gasteiger charge is 2.22. The Morgan fingerprint density at radius 1 is 1.03 bits per heavy atom. The molecule has 2 heterocycles. The fraction of sp³-hybridized carbons (Fsp3) is 0.130. The van der Waals surface area contributed by atoms with Gasteiger partial charge in [0.25, 0.3) is 10.0 Å². The molecule has 2 aromatic heterocycles. The lowest BCUT2D eigenvalue weighted by atomic mass is 10.3. The molecule has 170 valence electrons. The second-order valence-corrected chi connectivity index (χ2v) is 10.1. The van der Waals surface area contributed by atoms with Crippen molar-refractivity contribution in [1.82, 2.24) is 4.98 Å². The lowest BCUT2D eigenvalue weighted by Crippen LogP contribution is -2.26. The van der Waals surface area contributed by atoms with Gasteiger partial charge in [-0.3, -0.25) is 4.31 Å². The third-order valence-corrected chi connectivity index (χ3v) is 7.64. The van der Waals surface area contributed by atoms with Crippen molar-refractivity contribution in [3.8, 4) is 22.3 Å². The number of carbonyl (C=O) groups excluding carboxylic acids is 1. The Labute approximate surface area is 195 Å². The highest BCUT2D eigenvalue weighted by Crippen LogP contribution is 2.29. The molecule has 8 nitrogen and oxygen atoms in total. The maximum absolute atomic E-state index is 12.9. The molecule has 0 aliphatic carbocycles. The van der Waals surface area contributed by atoms with E-state index in [1.54, 1.807) is 43.3 Å². The van der Waals surface area contributed by atoms with Crippen molar-refractivity contribution in [3.63, 3.8) is 0 Å². The van der Waals surface area contributed by atoms with E-state index in [0.29, 0.717) is 27.1 Å². The number of aryl methyl sites for hydroxylation is 1. The van der Waals surface area contributed by atoms with Crippen LogP contribution >= 0.6 is 11.3 Å². The molecule has 0 amide bonds. The molecule has 0 bridgehead atoms. The van der Waals surface area contributed by atoms with E-state index in [1.165, 1.54) is 56.0 Å². The molecule has 0 unspecified atom stereocenters. The number of methoxy groups -OCH3 is 1. The number of hydrogen-bond acceptors (Lipinski definition) is 8. The smallest absolute Gasteiger partial charge is 0.363 e. The van der Waals surface area contributed by atoms with Gasteiger partial charge in [0.2, 0.25) is 0 Å². The molecule has 0 radical (unpaired) electrons. The van der Waals surface area contributed by atoms with Crippen LogP contribution in [0.5, 0.6) is 11.5 Å².